The van der Waals surface area contributed by atoms with Crippen molar-refractivity contribution < 1.29 is 8.42 Å². The number of nitrogens with one attached hydrogen (secondary N) is 1. The van der Waals surface area contributed by atoms with Crippen LogP contribution in [0.1, 0.15) is 11.3 Å². The highest BCUT2D eigenvalue weighted by Crippen LogP contribution is 2.08. The maximum atomic E-state index is 11.7. The first kappa shape index (κ1) is 14.1. The number of nitriles is 1. The molecule has 0 aliphatic rings. The summed E-state index contributed by atoms with van der Waals surface area (Å²) in [5.74, 6) is 0. The van der Waals surface area contributed by atoms with E-state index in [0.29, 0.717) is 13.0 Å². The standard InChI is InChI=1S/C10H15N3O2S2/c1-13(8-3-6-11)17(14,15)12-7-5-10-4-2-9-16-10/h2,4,9,12H,3,5,7-8H2,1H3. The van der Waals surface area contributed by atoms with Crippen molar-refractivity contribution in [3.63, 3.8) is 0 Å². The SMILES string of the molecule is CN(CCC#N)S(=O)(=O)NCCc1cccs1. The predicted octanol–water partition coefficient (Wildman–Crippen LogP) is 0.970. The van der Waals surface area contributed by atoms with E-state index in [2.05, 4.69) is 4.72 Å². The summed E-state index contributed by atoms with van der Waals surface area (Å²) in [7, 11) is -1.99. The van der Waals surface area contributed by atoms with Gasteiger partial charge in [0.25, 0.3) is 10.2 Å². The normalized spacial score (nSPS) is 11.6. The second kappa shape index (κ2) is 6.71. The molecule has 1 aromatic heterocycles. The molecule has 0 saturated heterocycles. The zero-order valence-electron chi connectivity index (χ0n) is 9.59. The monoisotopic (exact) mass is 273 g/mol. The summed E-state index contributed by atoms with van der Waals surface area (Å²) in [6.07, 6.45) is 0.880. The van der Waals surface area contributed by atoms with Gasteiger partial charge in [0, 0.05) is 31.4 Å². The number of hydrogen-bond acceptors (Lipinski definition) is 4. The van der Waals surface area contributed by atoms with Gasteiger partial charge in [-0.05, 0) is 17.9 Å². The Hall–Kier alpha value is -0.940. The smallest absolute Gasteiger partial charge is 0.202 e. The van der Waals surface area contributed by atoms with Gasteiger partial charge in [0.05, 0.1) is 6.07 Å². The number of rotatable bonds is 7. The topological polar surface area (TPSA) is 73.2 Å². The van der Waals surface area contributed by atoms with Crippen molar-refractivity contribution in [3.8, 4) is 6.07 Å². The van der Waals surface area contributed by atoms with Crippen LogP contribution in [0, 0.1) is 11.3 Å². The summed E-state index contributed by atoms with van der Waals surface area (Å²) in [5.41, 5.74) is 0. The van der Waals surface area contributed by atoms with Crippen LogP contribution in [0.15, 0.2) is 17.5 Å². The Bertz CT molecular complexity index is 462. The van der Waals surface area contributed by atoms with Crippen LogP contribution < -0.4 is 4.72 Å². The lowest BCUT2D eigenvalue weighted by Gasteiger charge is -2.15. The Balaban J connectivity index is 2.37. The van der Waals surface area contributed by atoms with E-state index in [-0.39, 0.29) is 13.0 Å². The molecule has 1 N–H and O–H groups in total. The van der Waals surface area contributed by atoms with Gasteiger partial charge in [0.1, 0.15) is 0 Å². The minimum absolute atomic E-state index is 0.197. The van der Waals surface area contributed by atoms with Gasteiger partial charge in [-0.1, -0.05) is 6.07 Å². The summed E-state index contributed by atoms with van der Waals surface area (Å²) in [6.45, 7) is 0.588. The predicted molar refractivity (Wildman–Crippen MR) is 67.8 cm³/mol. The fourth-order valence-corrected chi connectivity index (χ4v) is 2.82. The van der Waals surface area contributed by atoms with E-state index >= 15 is 0 Å². The summed E-state index contributed by atoms with van der Waals surface area (Å²) in [5, 5.41) is 10.4. The second-order valence-corrected chi connectivity index (χ2v) is 6.35. The van der Waals surface area contributed by atoms with E-state index in [0.717, 1.165) is 9.18 Å². The molecule has 0 aromatic carbocycles. The van der Waals surface area contributed by atoms with Crippen molar-refractivity contribution in [2.45, 2.75) is 12.8 Å². The van der Waals surface area contributed by atoms with Crippen LogP contribution in [-0.2, 0) is 16.6 Å². The summed E-state index contributed by atoms with van der Waals surface area (Å²) in [6, 6.07) is 5.83. The molecular weight excluding hydrogens is 258 g/mol. The Morgan fingerprint density at radius 3 is 2.94 bits per heavy atom. The molecule has 0 saturated carbocycles. The van der Waals surface area contributed by atoms with E-state index in [1.165, 1.54) is 7.05 Å². The Morgan fingerprint density at radius 2 is 2.35 bits per heavy atom. The molecule has 1 aromatic rings. The number of thiophene rings is 1. The fraction of sp³-hybridized carbons (Fsp3) is 0.500. The molecule has 7 heteroatoms. The first-order chi connectivity index (χ1) is 8.06. The van der Waals surface area contributed by atoms with Gasteiger partial charge >= 0.3 is 0 Å². The van der Waals surface area contributed by atoms with Crippen molar-refractivity contribution in [2.24, 2.45) is 0 Å². The average molecular weight is 273 g/mol. The van der Waals surface area contributed by atoms with Crippen molar-refractivity contribution in [1.29, 1.82) is 5.26 Å². The van der Waals surface area contributed by atoms with Crippen LogP contribution in [0.5, 0.6) is 0 Å². The lowest BCUT2D eigenvalue weighted by atomic mass is 10.3. The van der Waals surface area contributed by atoms with E-state index in [9.17, 15) is 8.42 Å². The highest BCUT2D eigenvalue weighted by atomic mass is 32.2. The minimum atomic E-state index is -3.45. The van der Waals surface area contributed by atoms with Crippen LogP contribution in [0.4, 0.5) is 0 Å². The van der Waals surface area contributed by atoms with E-state index in [4.69, 9.17) is 5.26 Å². The van der Waals surface area contributed by atoms with Gasteiger partial charge in [-0.15, -0.1) is 11.3 Å². The lowest BCUT2D eigenvalue weighted by molar-refractivity contribution is 0.465. The summed E-state index contributed by atoms with van der Waals surface area (Å²) >= 11 is 1.60. The second-order valence-electron chi connectivity index (χ2n) is 3.46. The third kappa shape index (κ3) is 4.83. The number of nitrogens with zero attached hydrogens (tertiary/aromatic N) is 2. The first-order valence-corrected chi connectivity index (χ1v) is 7.48. The summed E-state index contributed by atoms with van der Waals surface area (Å²) in [4.78, 5) is 1.15. The van der Waals surface area contributed by atoms with E-state index in [1.807, 2.05) is 23.6 Å². The quantitative estimate of drug-likeness (QED) is 0.804. The highest BCUT2D eigenvalue weighted by molar-refractivity contribution is 7.87. The number of hydrogen-bond donors (Lipinski definition) is 1. The highest BCUT2D eigenvalue weighted by Gasteiger charge is 2.15. The van der Waals surface area contributed by atoms with E-state index < -0.39 is 10.2 Å². The minimum Gasteiger partial charge on any atom is -0.202 e. The molecule has 0 radical (unpaired) electrons. The molecule has 1 heterocycles. The Morgan fingerprint density at radius 1 is 1.59 bits per heavy atom. The van der Waals surface area contributed by atoms with Crippen molar-refractivity contribution in [2.75, 3.05) is 20.1 Å². The zero-order valence-corrected chi connectivity index (χ0v) is 11.2. The molecule has 0 unspecified atom stereocenters. The molecule has 0 amide bonds. The maximum absolute atomic E-state index is 11.7. The average Bonchev–Trinajstić information content (AvgIpc) is 2.78. The molecule has 0 aliphatic carbocycles. The van der Waals surface area contributed by atoms with Gasteiger partial charge in [0.2, 0.25) is 0 Å². The van der Waals surface area contributed by atoms with E-state index in [1.54, 1.807) is 11.3 Å². The molecule has 5 nitrogen and oxygen atoms in total. The largest absolute Gasteiger partial charge is 0.279 e. The molecular formula is C10H15N3O2S2. The van der Waals surface area contributed by atoms with Gasteiger partial charge in [-0.3, -0.25) is 0 Å². The van der Waals surface area contributed by atoms with Crippen LogP contribution in [0.2, 0.25) is 0 Å². The van der Waals surface area contributed by atoms with Gasteiger partial charge < -0.3 is 0 Å². The first-order valence-electron chi connectivity index (χ1n) is 5.16. The van der Waals surface area contributed by atoms with Gasteiger partial charge in [-0.2, -0.15) is 18.0 Å². The third-order valence-electron chi connectivity index (χ3n) is 2.18. The van der Waals surface area contributed by atoms with Crippen molar-refractivity contribution >= 4 is 21.5 Å². The van der Waals surface area contributed by atoms with Crippen LogP contribution in [-0.4, -0.2) is 32.9 Å². The molecule has 0 atom stereocenters. The Labute approximate surface area is 106 Å². The molecule has 0 spiro atoms. The van der Waals surface area contributed by atoms with Crippen molar-refractivity contribution in [3.05, 3.63) is 22.4 Å². The molecule has 17 heavy (non-hydrogen) atoms. The van der Waals surface area contributed by atoms with Gasteiger partial charge in [-0.25, -0.2) is 4.72 Å². The zero-order chi connectivity index (χ0) is 12.7. The molecule has 1 rings (SSSR count). The Kier molecular flexibility index (Phi) is 5.58. The molecule has 94 valence electrons. The fourth-order valence-electron chi connectivity index (χ4n) is 1.20. The third-order valence-corrected chi connectivity index (χ3v) is 4.69. The van der Waals surface area contributed by atoms with Crippen LogP contribution in [0.25, 0.3) is 0 Å². The van der Waals surface area contributed by atoms with Crippen molar-refractivity contribution in [1.82, 2.24) is 9.03 Å². The molecule has 0 bridgehead atoms. The molecule has 0 fully saturated rings. The van der Waals surface area contributed by atoms with Crippen LogP contribution in [0.3, 0.4) is 0 Å². The maximum Gasteiger partial charge on any atom is 0.279 e. The summed E-state index contributed by atoms with van der Waals surface area (Å²) < 4.78 is 27.0. The van der Waals surface area contributed by atoms with Crippen LogP contribution >= 0.6 is 11.3 Å². The molecule has 0 aliphatic heterocycles. The van der Waals surface area contributed by atoms with Gasteiger partial charge in [0.15, 0.2) is 0 Å². The lowest BCUT2D eigenvalue weighted by Crippen LogP contribution is -2.39.